The van der Waals surface area contributed by atoms with Crippen LogP contribution in [0, 0.1) is 11.6 Å². The molecule has 15 heavy (non-hydrogen) atoms. The van der Waals surface area contributed by atoms with Gasteiger partial charge in [-0.25, -0.2) is 8.78 Å². The number of benzene rings is 1. The number of ketones is 1. The fourth-order valence-corrected chi connectivity index (χ4v) is 1.81. The van der Waals surface area contributed by atoms with Crippen LogP contribution in [0.3, 0.4) is 0 Å². The first-order valence-corrected chi connectivity index (χ1v) is 4.90. The Bertz CT molecular complexity index is 366. The first kappa shape index (κ1) is 10.2. The van der Waals surface area contributed by atoms with Crippen LogP contribution in [0.25, 0.3) is 0 Å². The highest BCUT2D eigenvalue weighted by Crippen LogP contribution is 2.14. The quantitative estimate of drug-likeness (QED) is 0.757. The van der Waals surface area contributed by atoms with Crippen LogP contribution in [0.4, 0.5) is 8.78 Å². The molecule has 1 atom stereocenters. The predicted octanol–water partition coefficient (Wildman–Crippen LogP) is 1.90. The second-order valence-electron chi connectivity index (χ2n) is 3.67. The molecule has 1 aliphatic rings. The topological polar surface area (TPSA) is 29.1 Å². The average Bonchev–Trinajstić information content (AvgIpc) is 2.67. The molecule has 1 saturated heterocycles. The fraction of sp³-hybridized carbons (Fsp3) is 0.364. The van der Waals surface area contributed by atoms with Crippen molar-refractivity contribution >= 4 is 5.78 Å². The van der Waals surface area contributed by atoms with E-state index in [1.807, 2.05) is 0 Å². The summed E-state index contributed by atoms with van der Waals surface area (Å²) >= 11 is 0. The third-order valence-electron chi connectivity index (χ3n) is 2.52. The Kier molecular flexibility index (Phi) is 2.77. The lowest BCUT2D eigenvalue weighted by Crippen LogP contribution is -2.30. The second kappa shape index (κ2) is 4.06. The summed E-state index contributed by atoms with van der Waals surface area (Å²) < 4.78 is 25.7. The van der Waals surface area contributed by atoms with E-state index in [9.17, 15) is 13.6 Å². The molecule has 0 radical (unpaired) electrons. The zero-order valence-corrected chi connectivity index (χ0v) is 8.09. The van der Waals surface area contributed by atoms with Gasteiger partial charge in [0.15, 0.2) is 5.78 Å². The van der Waals surface area contributed by atoms with Crippen molar-refractivity contribution in [2.45, 2.75) is 18.9 Å². The molecule has 0 bridgehead atoms. The number of Topliss-reactive ketones (excluding diaryl/α,β-unsaturated/α-hetero) is 1. The lowest BCUT2D eigenvalue weighted by molar-refractivity contribution is 0.0951. The molecule has 4 heteroatoms. The van der Waals surface area contributed by atoms with Crippen molar-refractivity contribution in [3.05, 3.63) is 35.4 Å². The van der Waals surface area contributed by atoms with Crippen molar-refractivity contribution in [2.75, 3.05) is 6.54 Å². The normalized spacial score (nSPS) is 20.5. The smallest absolute Gasteiger partial charge is 0.179 e. The van der Waals surface area contributed by atoms with Crippen molar-refractivity contribution in [1.29, 1.82) is 0 Å². The van der Waals surface area contributed by atoms with E-state index in [0.29, 0.717) is 0 Å². The zero-order chi connectivity index (χ0) is 10.8. The van der Waals surface area contributed by atoms with Crippen molar-refractivity contribution in [3.63, 3.8) is 0 Å². The molecule has 0 spiro atoms. The lowest BCUT2D eigenvalue weighted by Gasteiger charge is -2.08. The summed E-state index contributed by atoms with van der Waals surface area (Å²) in [6.45, 7) is 0.786. The van der Waals surface area contributed by atoms with Crippen LogP contribution < -0.4 is 5.32 Å². The number of carbonyl (C=O) groups excluding carboxylic acids is 1. The summed E-state index contributed by atoms with van der Waals surface area (Å²) in [6, 6.07) is 2.63. The fourth-order valence-electron chi connectivity index (χ4n) is 1.81. The van der Waals surface area contributed by atoms with Gasteiger partial charge < -0.3 is 5.32 Å². The van der Waals surface area contributed by atoms with Gasteiger partial charge in [-0.3, -0.25) is 4.79 Å². The van der Waals surface area contributed by atoms with Crippen LogP contribution in [0.2, 0.25) is 0 Å². The van der Waals surface area contributed by atoms with E-state index in [2.05, 4.69) is 5.32 Å². The van der Waals surface area contributed by atoms with Crippen LogP contribution in [0.5, 0.6) is 0 Å². The van der Waals surface area contributed by atoms with Gasteiger partial charge in [0.1, 0.15) is 11.6 Å². The maximum Gasteiger partial charge on any atom is 0.179 e. The van der Waals surface area contributed by atoms with Gasteiger partial charge in [-0.1, -0.05) is 0 Å². The monoisotopic (exact) mass is 211 g/mol. The molecular formula is C11H11F2NO. The van der Waals surface area contributed by atoms with Gasteiger partial charge in [0, 0.05) is 11.6 Å². The molecule has 1 aliphatic heterocycles. The van der Waals surface area contributed by atoms with E-state index in [4.69, 9.17) is 0 Å². The highest BCUT2D eigenvalue weighted by Gasteiger charge is 2.23. The van der Waals surface area contributed by atoms with Gasteiger partial charge in [0.2, 0.25) is 0 Å². The highest BCUT2D eigenvalue weighted by molar-refractivity contribution is 6.00. The van der Waals surface area contributed by atoms with E-state index < -0.39 is 11.6 Å². The van der Waals surface area contributed by atoms with E-state index >= 15 is 0 Å². The molecule has 1 aromatic rings. The molecule has 1 heterocycles. The molecule has 80 valence electrons. The minimum atomic E-state index is -0.712. The first-order valence-electron chi connectivity index (χ1n) is 4.90. The van der Waals surface area contributed by atoms with Gasteiger partial charge in [0.25, 0.3) is 0 Å². The summed E-state index contributed by atoms with van der Waals surface area (Å²) in [7, 11) is 0. The van der Waals surface area contributed by atoms with Crippen molar-refractivity contribution in [1.82, 2.24) is 5.32 Å². The highest BCUT2D eigenvalue weighted by atomic mass is 19.1. The van der Waals surface area contributed by atoms with E-state index in [1.54, 1.807) is 0 Å². The Morgan fingerprint density at radius 3 is 2.47 bits per heavy atom. The Morgan fingerprint density at radius 2 is 1.93 bits per heavy atom. The summed E-state index contributed by atoms with van der Waals surface area (Å²) in [6.07, 6.45) is 1.66. The molecule has 1 fully saturated rings. The maximum atomic E-state index is 12.9. The molecule has 2 rings (SSSR count). The Hall–Kier alpha value is -1.29. The predicted molar refractivity (Wildman–Crippen MR) is 51.7 cm³/mol. The Balaban J connectivity index is 2.24. The van der Waals surface area contributed by atoms with Crippen molar-refractivity contribution in [2.24, 2.45) is 0 Å². The number of rotatable bonds is 2. The van der Waals surface area contributed by atoms with Crippen molar-refractivity contribution in [3.8, 4) is 0 Å². The van der Waals surface area contributed by atoms with Crippen LogP contribution in [-0.2, 0) is 0 Å². The molecule has 1 unspecified atom stereocenters. The van der Waals surface area contributed by atoms with E-state index in [1.165, 1.54) is 0 Å². The van der Waals surface area contributed by atoms with Gasteiger partial charge in [-0.05, 0) is 31.5 Å². The van der Waals surface area contributed by atoms with Gasteiger partial charge in [-0.2, -0.15) is 0 Å². The third kappa shape index (κ3) is 2.21. The number of hydrogen-bond acceptors (Lipinski definition) is 2. The minimum absolute atomic E-state index is 0.104. The Labute approximate surface area is 86.3 Å². The molecule has 0 aromatic heterocycles. The molecule has 1 aromatic carbocycles. The lowest BCUT2D eigenvalue weighted by atomic mass is 10.0. The SMILES string of the molecule is O=C(c1cc(F)cc(F)c1)C1CCCN1. The van der Waals surface area contributed by atoms with E-state index in [-0.39, 0.29) is 17.4 Å². The summed E-state index contributed by atoms with van der Waals surface area (Å²) in [5, 5.41) is 3.00. The van der Waals surface area contributed by atoms with Crippen LogP contribution in [0.15, 0.2) is 18.2 Å². The average molecular weight is 211 g/mol. The molecule has 2 nitrogen and oxygen atoms in total. The number of carbonyl (C=O) groups is 1. The van der Waals surface area contributed by atoms with Gasteiger partial charge in [-0.15, -0.1) is 0 Å². The maximum absolute atomic E-state index is 12.9. The molecule has 0 saturated carbocycles. The molecular weight excluding hydrogens is 200 g/mol. The third-order valence-corrected chi connectivity index (χ3v) is 2.52. The van der Waals surface area contributed by atoms with Crippen LogP contribution >= 0.6 is 0 Å². The summed E-state index contributed by atoms with van der Waals surface area (Å²) in [5.74, 6) is -1.65. The first-order chi connectivity index (χ1) is 7.16. The molecule has 0 amide bonds. The van der Waals surface area contributed by atoms with Gasteiger partial charge >= 0.3 is 0 Å². The van der Waals surface area contributed by atoms with E-state index in [0.717, 1.165) is 37.6 Å². The summed E-state index contributed by atoms with van der Waals surface area (Å²) in [4.78, 5) is 11.8. The Morgan fingerprint density at radius 1 is 1.27 bits per heavy atom. The van der Waals surface area contributed by atoms with Crippen molar-refractivity contribution < 1.29 is 13.6 Å². The zero-order valence-electron chi connectivity index (χ0n) is 8.09. The number of halogens is 2. The van der Waals surface area contributed by atoms with Crippen LogP contribution in [0.1, 0.15) is 23.2 Å². The number of hydrogen-bond donors (Lipinski definition) is 1. The summed E-state index contributed by atoms with van der Waals surface area (Å²) in [5.41, 5.74) is 0.104. The van der Waals surface area contributed by atoms with Crippen LogP contribution in [-0.4, -0.2) is 18.4 Å². The molecule has 0 aliphatic carbocycles. The minimum Gasteiger partial charge on any atom is -0.307 e. The largest absolute Gasteiger partial charge is 0.307 e. The second-order valence-corrected chi connectivity index (χ2v) is 3.67. The standard InChI is InChI=1S/C11H11F2NO/c12-8-4-7(5-9(13)6-8)11(15)10-2-1-3-14-10/h4-6,10,14H,1-3H2. The van der Waals surface area contributed by atoms with Gasteiger partial charge in [0.05, 0.1) is 6.04 Å². The number of nitrogens with one attached hydrogen (secondary N) is 1. The molecule has 1 N–H and O–H groups in total.